The molecule has 0 unspecified atom stereocenters. The normalized spacial score (nSPS) is 19.9. The van der Waals surface area contributed by atoms with E-state index < -0.39 is 23.2 Å². The van der Waals surface area contributed by atoms with Gasteiger partial charge < -0.3 is 19.1 Å². The predicted molar refractivity (Wildman–Crippen MR) is 131 cm³/mol. The van der Waals surface area contributed by atoms with E-state index in [1.807, 2.05) is 13.8 Å². The molecule has 0 radical (unpaired) electrons. The molecule has 7 nitrogen and oxygen atoms in total. The lowest BCUT2D eigenvalue weighted by Crippen LogP contribution is -2.45. The predicted octanol–water partition coefficient (Wildman–Crippen LogP) is 5.13. The van der Waals surface area contributed by atoms with E-state index in [-0.39, 0.29) is 30.0 Å². The second-order valence-electron chi connectivity index (χ2n) is 9.28. The number of carbonyl (C=O) groups is 1. The monoisotopic (exact) mass is 483 g/mol. The Bertz CT molecular complexity index is 1200. The van der Waals surface area contributed by atoms with Crippen LogP contribution in [0.15, 0.2) is 36.4 Å². The zero-order valence-electron chi connectivity index (χ0n) is 19.7. The van der Waals surface area contributed by atoms with Crippen LogP contribution >= 0.6 is 12.2 Å². The summed E-state index contributed by atoms with van der Waals surface area (Å²) in [6.07, 6.45) is -0.434. The van der Waals surface area contributed by atoms with Gasteiger partial charge in [-0.05, 0) is 76.7 Å². The van der Waals surface area contributed by atoms with Crippen molar-refractivity contribution in [2.45, 2.75) is 52.0 Å². The summed E-state index contributed by atoms with van der Waals surface area (Å²) >= 11 is 5.67. The molecule has 2 aromatic rings. The molecule has 0 atom stereocenters. The number of carbonyl (C=O) groups excluding carboxylic acids is 1. The van der Waals surface area contributed by atoms with E-state index in [2.05, 4.69) is 4.85 Å². The van der Waals surface area contributed by atoms with Gasteiger partial charge in [0.1, 0.15) is 11.6 Å². The Labute approximate surface area is 203 Å². The number of anilines is 2. The maximum atomic E-state index is 15.0. The number of hydrogen-bond donors (Lipinski definition) is 0. The number of aryl methyl sites for hydroxylation is 1. The maximum absolute atomic E-state index is 15.0. The second kappa shape index (κ2) is 8.62. The zero-order chi connectivity index (χ0) is 24.8. The second-order valence-corrected chi connectivity index (χ2v) is 9.64. The highest BCUT2D eigenvalue weighted by atomic mass is 32.1. The van der Waals surface area contributed by atoms with Crippen molar-refractivity contribution >= 4 is 40.3 Å². The first-order chi connectivity index (χ1) is 15.9. The van der Waals surface area contributed by atoms with Gasteiger partial charge >= 0.3 is 0 Å². The van der Waals surface area contributed by atoms with E-state index >= 15 is 4.39 Å². The Hall–Kier alpha value is -3.06. The van der Waals surface area contributed by atoms with Crippen LogP contribution in [0, 0.1) is 19.3 Å². The van der Waals surface area contributed by atoms with Gasteiger partial charge in [-0.1, -0.05) is 6.07 Å². The zero-order valence-corrected chi connectivity index (χ0v) is 20.5. The Morgan fingerprint density at radius 2 is 1.76 bits per heavy atom. The van der Waals surface area contributed by atoms with Crippen molar-refractivity contribution in [2.24, 2.45) is 0 Å². The van der Waals surface area contributed by atoms with E-state index in [4.69, 9.17) is 33.0 Å². The van der Waals surface area contributed by atoms with Crippen molar-refractivity contribution in [2.75, 3.05) is 23.0 Å². The molecule has 0 bridgehead atoms. The Kier molecular flexibility index (Phi) is 6.10. The summed E-state index contributed by atoms with van der Waals surface area (Å²) in [6, 6.07) is 9.61. The highest BCUT2D eigenvalue weighted by molar-refractivity contribution is 7.81. The lowest BCUT2D eigenvalue weighted by atomic mass is 10.0. The smallest absolute Gasteiger partial charge is 0.259 e. The van der Waals surface area contributed by atoms with Crippen LogP contribution in [0.2, 0.25) is 0 Å². The fraction of sp³-hybridized carbons (Fsp3) is 0.400. The molecule has 0 spiro atoms. The maximum Gasteiger partial charge on any atom is 0.259 e. The molecule has 0 N–H and O–H groups in total. The van der Waals surface area contributed by atoms with Gasteiger partial charge in [0.05, 0.1) is 19.8 Å². The van der Waals surface area contributed by atoms with Crippen LogP contribution < -0.4 is 14.5 Å². The van der Waals surface area contributed by atoms with Gasteiger partial charge in [-0.3, -0.25) is 9.69 Å². The summed E-state index contributed by atoms with van der Waals surface area (Å²) < 4.78 is 31.9. The van der Waals surface area contributed by atoms with Gasteiger partial charge in [0.2, 0.25) is 0 Å². The lowest BCUT2D eigenvalue weighted by Gasteiger charge is -2.35. The highest BCUT2D eigenvalue weighted by Crippen LogP contribution is 2.38. The SMILES string of the molecule is [C-]#[N+]c1ccc(N2C(=O)C(C)(C)N(c3ccc(OC4COC(C)(C)OC4)c(F)c3)C2=S)cc1C. The van der Waals surface area contributed by atoms with Crippen LogP contribution in [0.3, 0.4) is 0 Å². The minimum absolute atomic E-state index is 0.0668. The van der Waals surface area contributed by atoms with Crippen LogP contribution in [-0.2, 0) is 14.3 Å². The van der Waals surface area contributed by atoms with Gasteiger partial charge in [0, 0.05) is 17.4 Å². The number of rotatable bonds is 4. The van der Waals surface area contributed by atoms with Crippen molar-refractivity contribution in [1.82, 2.24) is 0 Å². The molecule has 2 aliphatic rings. The average molecular weight is 484 g/mol. The molecular formula is C25H26FN3O4S. The van der Waals surface area contributed by atoms with Gasteiger partial charge in [-0.25, -0.2) is 9.24 Å². The number of hydrogen-bond acceptors (Lipinski definition) is 5. The number of halogens is 1. The number of ether oxygens (including phenoxy) is 3. The van der Waals surface area contributed by atoms with Gasteiger partial charge in [-0.2, -0.15) is 0 Å². The number of benzene rings is 2. The van der Waals surface area contributed by atoms with Gasteiger partial charge in [0.25, 0.3) is 5.91 Å². The van der Waals surface area contributed by atoms with Crippen LogP contribution in [-0.4, -0.2) is 41.7 Å². The van der Waals surface area contributed by atoms with Crippen LogP contribution in [0.1, 0.15) is 33.3 Å². The largest absolute Gasteiger partial charge is 0.483 e. The molecule has 9 heteroatoms. The summed E-state index contributed by atoms with van der Waals surface area (Å²) in [6.45, 7) is 16.7. The molecule has 2 aromatic carbocycles. The number of amides is 1. The Morgan fingerprint density at radius 3 is 2.35 bits per heavy atom. The first-order valence-corrected chi connectivity index (χ1v) is 11.3. The summed E-state index contributed by atoms with van der Waals surface area (Å²) in [4.78, 5) is 19.9. The third kappa shape index (κ3) is 4.25. The molecule has 0 aliphatic carbocycles. The third-order valence-corrected chi connectivity index (χ3v) is 6.29. The average Bonchev–Trinajstić information content (AvgIpc) is 2.94. The first-order valence-electron chi connectivity index (χ1n) is 10.9. The fourth-order valence-corrected chi connectivity index (χ4v) is 4.53. The standard InChI is InChI=1S/C25H26FN3O4S/c1-15-11-16(7-9-20(15)27-6)28-22(30)24(2,3)29(23(28)34)17-8-10-21(19(26)12-17)33-18-13-31-25(4,5)32-14-18/h7-12,18H,13-14H2,1-5H3. The molecule has 34 heavy (non-hydrogen) atoms. The summed E-state index contributed by atoms with van der Waals surface area (Å²) in [5, 5.41) is 0.231. The lowest BCUT2D eigenvalue weighted by molar-refractivity contribution is -0.269. The molecule has 178 valence electrons. The van der Waals surface area contributed by atoms with Crippen molar-refractivity contribution in [3.8, 4) is 5.75 Å². The topological polar surface area (TPSA) is 55.6 Å². The van der Waals surface area contributed by atoms with Gasteiger partial charge in [0.15, 0.2) is 28.2 Å². The summed E-state index contributed by atoms with van der Waals surface area (Å²) in [5.41, 5.74) is 1.20. The molecule has 0 saturated carbocycles. The molecular weight excluding hydrogens is 457 g/mol. The minimum Gasteiger partial charge on any atom is -0.483 e. The van der Waals surface area contributed by atoms with Crippen molar-refractivity contribution in [3.05, 3.63) is 59.2 Å². The molecule has 4 rings (SSSR count). The van der Waals surface area contributed by atoms with Crippen LogP contribution in [0.25, 0.3) is 4.85 Å². The third-order valence-electron chi connectivity index (χ3n) is 5.93. The van der Waals surface area contributed by atoms with E-state index in [9.17, 15) is 4.79 Å². The number of nitrogens with zero attached hydrogens (tertiary/aromatic N) is 3. The van der Waals surface area contributed by atoms with Crippen LogP contribution in [0.5, 0.6) is 5.75 Å². The van der Waals surface area contributed by atoms with E-state index in [1.54, 1.807) is 49.9 Å². The molecule has 2 saturated heterocycles. The quantitative estimate of drug-likeness (QED) is 0.444. The fourth-order valence-electron chi connectivity index (χ4n) is 4.01. The van der Waals surface area contributed by atoms with Crippen molar-refractivity contribution < 1.29 is 23.4 Å². The Morgan fingerprint density at radius 1 is 1.12 bits per heavy atom. The van der Waals surface area contributed by atoms with E-state index in [0.29, 0.717) is 17.1 Å². The van der Waals surface area contributed by atoms with Crippen molar-refractivity contribution in [1.29, 1.82) is 0 Å². The van der Waals surface area contributed by atoms with E-state index in [0.717, 1.165) is 5.56 Å². The first kappa shape index (κ1) is 24.1. The molecule has 1 amide bonds. The molecule has 0 aromatic heterocycles. The van der Waals surface area contributed by atoms with Crippen LogP contribution in [0.4, 0.5) is 21.5 Å². The van der Waals surface area contributed by atoms with E-state index in [1.165, 1.54) is 17.0 Å². The molecule has 2 heterocycles. The minimum atomic E-state index is -1.05. The number of thiocarbonyl (C=S) groups is 1. The Balaban J connectivity index is 1.59. The molecule has 2 fully saturated rings. The highest BCUT2D eigenvalue weighted by Gasteiger charge is 2.50. The van der Waals surface area contributed by atoms with Crippen molar-refractivity contribution in [3.63, 3.8) is 0 Å². The summed E-state index contributed by atoms with van der Waals surface area (Å²) in [5.74, 6) is -1.44. The molecule has 2 aliphatic heterocycles. The van der Waals surface area contributed by atoms with Gasteiger partial charge in [-0.15, -0.1) is 0 Å². The summed E-state index contributed by atoms with van der Waals surface area (Å²) in [7, 11) is 0.